The second kappa shape index (κ2) is 8.47. The summed E-state index contributed by atoms with van der Waals surface area (Å²) in [7, 11) is 0. The van der Waals surface area contributed by atoms with Crippen molar-refractivity contribution in [3.05, 3.63) is 82.9 Å². The molecular weight excluding hydrogens is 442 g/mol. The molecule has 1 unspecified atom stereocenters. The van der Waals surface area contributed by atoms with Gasteiger partial charge in [-0.25, -0.2) is 9.88 Å². The molecule has 2 amide bonds. The summed E-state index contributed by atoms with van der Waals surface area (Å²) in [4.78, 5) is 31.5. The van der Waals surface area contributed by atoms with Crippen molar-refractivity contribution in [3.8, 4) is 10.6 Å². The Hall–Kier alpha value is -3.06. The number of hydrogen-bond acceptors (Lipinski definition) is 5. The number of amides is 2. The minimum absolute atomic E-state index is 0.127. The molecule has 0 aliphatic carbocycles. The number of carbonyl (C=O) groups is 2. The molecule has 0 saturated carbocycles. The summed E-state index contributed by atoms with van der Waals surface area (Å²) in [5, 5.41) is 4.72. The first kappa shape index (κ1) is 20.8. The van der Waals surface area contributed by atoms with Gasteiger partial charge in [0.05, 0.1) is 28.4 Å². The normalized spacial score (nSPS) is 16.3. The van der Waals surface area contributed by atoms with Gasteiger partial charge in [0.1, 0.15) is 5.01 Å². The summed E-state index contributed by atoms with van der Waals surface area (Å²) in [6.45, 7) is 2.49. The number of aryl methyl sites for hydroxylation is 1. The Bertz CT molecular complexity index is 1330. The van der Waals surface area contributed by atoms with Crippen LogP contribution >= 0.6 is 22.9 Å². The minimum atomic E-state index is -0.564. The standard InChI is InChI=1S/C25H20ClN3O2S/c1-15-6-11-20-22(12-15)32-24(28-20)16-7-9-18(10-8-16)29-23(30)13-21(25(29)31)27-14-17-4-2-3-5-19(17)26/h2-12,21,27H,13-14H2,1H3. The van der Waals surface area contributed by atoms with Gasteiger partial charge in [-0.3, -0.25) is 9.59 Å². The van der Waals surface area contributed by atoms with Gasteiger partial charge in [-0.15, -0.1) is 11.3 Å². The van der Waals surface area contributed by atoms with Gasteiger partial charge >= 0.3 is 0 Å². The summed E-state index contributed by atoms with van der Waals surface area (Å²) in [5.74, 6) is -0.458. The first-order valence-electron chi connectivity index (χ1n) is 10.3. The maximum Gasteiger partial charge on any atom is 0.251 e. The maximum absolute atomic E-state index is 12.9. The molecular formula is C25H20ClN3O2S. The molecule has 0 radical (unpaired) electrons. The minimum Gasteiger partial charge on any atom is -0.301 e. The van der Waals surface area contributed by atoms with E-state index in [1.807, 2.05) is 36.4 Å². The van der Waals surface area contributed by atoms with Crippen LogP contribution in [-0.4, -0.2) is 22.8 Å². The van der Waals surface area contributed by atoms with Crippen LogP contribution in [0.5, 0.6) is 0 Å². The SMILES string of the molecule is Cc1ccc2nc(-c3ccc(N4C(=O)CC(NCc5ccccc5Cl)C4=O)cc3)sc2c1. The van der Waals surface area contributed by atoms with E-state index >= 15 is 0 Å². The predicted molar refractivity (Wildman–Crippen MR) is 129 cm³/mol. The number of fused-ring (bicyclic) bond motifs is 1. The second-order valence-electron chi connectivity index (χ2n) is 7.83. The smallest absolute Gasteiger partial charge is 0.251 e. The molecule has 1 aliphatic rings. The molecule has 160 valence electrons. The van der Waals surface area contributed by atoms with Gasteiger partial charge in [0.25, 0.3) is 5.91 Å². The molecule has 5 nitrogen and oxygen atoms in total. The van der Waals surface area contributed by atoms with Gasteiger partial charge in [-0.05, 0) is 60.5 Å². The highest BCUT2D eigenvalue weighted by molar-refractivity contribution is 7.21. The van der Waals surface area contributed by atoms with Gasteiger partial charge in [-0.2, -0.15) is 0 Å². The highest BCUT2D eigenvalue weighted by Crippen LogP contribution is 2.32. The summed E-state index contributed by atoms with van der Waals surface area (Å²) in [6, 6.07) is 20.5. The van der Waals surface area contributed by atoms with Crippen LogP contribution in [0.25, 0.3) is 20.8 Å². The third-order valence-corrected chi connectivity index (χ3v) is 7.00. The van der Waals surface area contributed by atoms with Crippen molar-refractivity contribution in [2.24, 2.45) is 0 Å². The molecule has 0 spiro atoms. The number of thiazole rings is 1. The van der Waals surface area contributed by atoms with Crippen LogP contribution < -0.4 is 10.2 Å². The maximum atomic E-state index is 12.9. The molecule has 2 heterocycles. The first-order chi connectivity index (χ1) is 15.5. The number of nitrogens with zero attached hydrogens (tertiary/aromatic N) is 2. The zero-order valence-electron chi connectivity index (χ0n) is 17.3. The average Bonchev–Trinajstić information content (AvgIpc) is 3.33. The van der Waals surface area contributed by atoms with E-state index in [2.05, 4.69) is 24.4 Å². The number of nitrogens with one attached hydrogen (secondary N) is 1. The number of carbonyl (C=O) groups excluding carboxylic acids is 2. The predicted octanol–water partition coefficient (Wildman–Crippen LogP) is 5.35. The fourth-order valence-electron chi connectivity index (χ4n) is 3.85. The van der Waals surface area contributed by atoms with E-state index in [0.717, 1.165) is 26.4 Å². The van der Waals surface area contributed by atoms with E-state index in [-0.39, 0.29) is 18.2 Å². The zero-order chi connectivity index (χ0) is 22.2. The van der Waals surface area contributed by atoms with Crippen LogP contribution in [0.4, 0.5) is 5.69 Å². The Morgan fingerprint density at radius 3 is 2.66 bits per heavy atom. The lowest BCUT2D eigenvalue weighted by atomic mass is 10.2. The number of rotatable bonds is 5. The van der Waals surface area contributed by atoms with Crippen molar-refractivity contribution >= 4 is 50.7 Å². The molecule has 7 heteroatoms. The lowest BCUT2D eigenvalue weighted by Crippen LogP contribution is -2.38. The molecule has 4 aromatic rings. The highest BCUT2D eigenvalue weighted by atomic mass is 35.5. The topological polar surface area (TPSA) is 62.3 Å². The second-order valence-corrected chi connectivity index (χ2v) is 9.27. The number of benzene rings is 3. The Morgan fingerprint density at radius 2 is 1.88 bits per heavy atom. The molecule has 1 atom stereocenters. The van der Waals surface area contributed by atoms with Gasteiger partial charge < -0.3 is 5.32 Å². The largest absolute Gasteiger partial charge is 0.301 e. The van der Waals surface area contributed by atoms with Gasteiger partial charge in [-0.1, -0.05) is 35.9 Å². The van der Waals surface area contributed by atoms with Gasteiger partial charge in [0.15, 0.2) is 0 Å². The third kappa shape index (κ3) is 3.93. The molecule has 1 saturated heterocycles. The van der Waals surface area contributed by atoms with Crippen molar-refractivity contribution in [1.82, 2.24) is 10.3 Å². The molecule has 32 heavy (non-hydrogen) atoms. The van der Waals surface area contributed by atoms with E-state index < -0.39 is 6.04 Å². The Kier molecular flexibility index (Phi) is 5.51. The van der Waals surface area contributed by atoms with Crippen molar-refractivity contribution in [1.29, 1.82) is 0 Å². The monoisotopic (exact) mass is 461 g/mol. The Balaban J connectivity index is 1.32. The summed E-state index contributed by atoms with van der Waals surface area (Å²) < 4.78 is 1.14. The van der Waals surface area contributed by atoms with Crippen LogP contribution in [0.3, 0.4) is 0 Å². The fourth-order valence-corrected chi connectivity index (χ4v) is 5.12. The van der Waals surface area contributed by atoms with Crippen LogP contribution in [-0.2, 0) is 16.1 Å². The molecule has 1 N–H and O–H groups in total. The van der Waals surface area contributed by atoms with E-state index in [1.54, 1.807) is 29.5 Å². The van der Waals surface area contributed by atoms with Crippen LogP contribution in [0, 0.1) is 6.92 Å². The van der Waals surface area contributed by atoms with E-state index in [0.29, 0.717) is 17.3 Å². The number of halogens is 1. The molecule has 1 aromatic heterocycles. The summed E-state index contributed by atoms with van der Waals surface area (Å²) >= 11 is 7.82. The molecule has 5 rings (SSSR count). The molecule has 1 fully saturated rings. The number of imide groups is 1. The number of aromatic nitrogens is 1. The van der Waals surface area contributed by atoms with Gasteiger partial charge in [0.2, 0.25) is 5.91 Å². The Morgan fingerprint density at radius 1 is 1.09 bits per heavy atom. The number of hydrogen-bond donors (Lipinski definition) is 1. The molecule has 1 aliphatic heterocycles. The van der Waals surface area contributed by atoms with E-state index in [9.17, 15) is 9.59 Å². The first-order valence-corrected chi connectivity index (χ1v) is 11.5. The lowest BCUT2D eigenvalue weighted by molar-refractivity contribution is -0.121. The van der Waals surface area contributed by atoms with Gasteiger partial charge in [0, 0.05) is 17.1 Å². The van der Waals surface area contributed by atoms with E-state index in [1.165, 1.54) is 10.5 Å². The quantitative estimate of drug-likeness (QED) is 0.407. The van der Waals surface area contributed by atoms with E-state index in [4.69, 9.17) is 16.6 Å². The van der Waals surface area contributed by atoms with Crippen molar-refractivity contribution in [3.63, 3.8) is 0 Å². The summed E-state index contributed by atoms with van der Waals surface area (Å²) in [5.41, 5.74) is 4.59. The zero-order valence-corrected chi connectivity index (χ0v) is 18.9. The highest BCUT2D eigenvalue weighted by Gasteiger charge is 2.39. The van der Waals surface area contributed by atoms with Crippen molar-refractivity contribution in [2.45, 2.75) is 25.9 Å². The lowest BCUT2D eigenvalue weighted by Gasteiger charge is -2.16. The van der Waals surface area contributed by atoms with Crippen molar-refractivity contribution in [2.75, 3.05) is 4.90 Å². The number of anilines is 1. The molecule has 3 aromatic carbocycles. The van der Waals surface area contributed by atoms with Crippen molar-refractivity contribution < 1.29 is 9.59 Å². The van der Waals surface area contributed by atoms with Crippen LogP contribution in [0.1, 0.15) is 17.5 Å². The fraction of sp³-hybridized carbons (Fsp3) is 0.160. The van der Waals surface area contributed by atoms with Crippen LogP contribution in [0.15, 0.2) is 66.7 Å². The summed E-state index contributed by atoms with van der Waals surface area (Å²) in [6.07, 6.45) is 0.127. The third-order valence-electron chi connectivity index (χ3n) is 5.56. The Labute approximate surface area is 194 Å². The van der Waals surface area contributed by atoms with Crippen LogP contribution in [0.2, 0.25) is 5.02 Å². The average molecular weight is 462 g/mol. The molecule has 0 bridgehead atoms.